The summed E-state index contributed by atoms with van der Waals surface area (Å²) in [6, 6.07) is 0.828. The molecule has 0 aromatic carbocycles. The van der Waals surface area contributed by atoms with Gasteiger partial charge in [0.25, 0.3) is 0 Å². The van der Waals surface area contributed by atoms with E-state index in [1.807, 2.05) is 0 Å². The minimum Gasteiger partial charge on any atom is -0.338 e. The summed E-state index contributed by atoms with van der Waals surface area (Å²) in [5.74, 6) is 4.81. The molecule has 2 aliphatic rings. The number of nitrogens with one attached hydrogen (secondary N) is 2. The molecule has 0 amide bonds. The topological polar surface area (TPSA) is 102 Å². The Morgan fingerprint density at radius 3 is 2.33 bits per heavy atom. The first-order valence-corrected chi connectivity index (χ1v) is 10.2. The highest BCUT2D eigenvalue weighted by Gasteiger charge is 2.41. The van der Waals surface area contributed by atoms with Crippen LogP contribution in [0.25, 0.3) is 0 Å². The first kappa shape index (κ1) is 18.6. The van der Waals surface area contributed by atoms with Crippen molar-refractivity contribution in [2.45, 2.75) is 89.9 Å². The third-order valence-corrected chi connectivity index (χ3v) is 5.40. The van der Waals surface area contributed by atoms with Gasteiger partial charge in [0.1, 0.15) is 0 Å². The lowest BCUT2D eigenvalue weighted by Crippen LogP contribution is -2.25. The Bertz CT molecular complexity index is 738. The molecule has 0 saturated heterocycles. The van der Waals surface area contributed by atoms with Crippen LogP contribution in [0.5, 0.6) is 0 Å². The minimum atomic E-state index is 0.412. The van der Waals surface area contributed by atoms with Gasteiger partial charge in [0.2, 0.25) is 11.8 Å². The molecular weight excluding hydrogens is 344 g/mol. The Balaban J connectivity index is 1.14. The van der Waals surface area contributed by atoms with E-state index in [1.165, 1.54) is 19.3 Å². The zero-order chi connectivity index (χ0) is 18.8. The van der Waals surface area contributed by atoms with Crippen LogP contribution in [0.3, 0.4) is 0 Å². The van der Waals surface area contributed by atoms with Gasteiger partial charge in [0.15, 0.2) is 11.6 Å². The van der Waals surface area contributed by atoms with E-state index in [2.05, 4.69) is 51.7 Å². The van der Waals surface area contributed by atoms with Crippen molar-refractivity contribution in [1.29, 1.82) is 0 Å². The molecule has 2 aromatic rings. The number of hydrogen-bond acceptors (Lipinski definition) is 8. The van der Waals surface area contributed by atoms with Crippen molar-refractivity contribution in [2.24, 2.45) is 5.92 Å². The van der Waals surface area contributed by atoms with E-state index >= 15 is 0 Å². The number of nitrogens with zero attached hydrogens (tertiary/aromatic N) is 4. The van der Waals surface area contributed by atoms with E-state index < -0.39 is 0 Å². The molecule has 3 unspecified atom stereocenters. The fourth-order valence-corrected chi connectivity index (χ4v) is 3.34. The zero-order valence-corrected chi connectivity index (χ0v) is 16.4. The average molecular weight is 374 g/mol. The largest absolute Gasteiger partial charge is 0.338 e. The van der Waals surface area contributed by atoms with Crippen molar-refractivity contribution < 1.29 is 9.05 Å². The first-order valence-electron chi connectivity index (χ1n) is 10.2. The lowest BCUT2D eigenvalue weighted by molar-refractivity contribution is 0.350. The molecule has 2 fully saturated rings. The van der Waals surface area contributed by atoms with Crippen molar-refractivity contribution in [1.82, 2.24) is 30.9 Å². The van der Waals surface area contributed by atoms with E-state index in [9.17, 15) is 0 Å². The SMILES string of the molecule is CC(C)NCc1nc(C2CC2CCC(C)NCc2nc(C3CC3)no2)no1. The Labute approximate surface area is 159 Å². The molecule has 148 valence electrons. The highest BCUT2D eigenvalue weighted by atomic mass is 16.5. The second-order valence-corrected chi connectivity index (χ2v) is 8.36. The van der Waals surface area contributed by atoms with Crippen molar-refractivity contribution in [3.63, 3.8) is 0 Å². The third kappa shape index (κ3) is 5.13. The van der Waals surface area contributed by atoms with Gasteiger partial charge in [-0.25, -0.2) is 0 Å². The summed E-state index contributed by atoms with van der Waals surface area (Å²) in [7, 11) is 0. The van der Waals surface area contributed by atoms with Crippen LogP contribution in [0.15, 0.2) is 9.05 Å². The zero-order valence-electron chi connectivity index (χ0n) is 16.4. The molecule has 2 saturated carbocycles. The average Bonchev–Trinajstić information content (AvgIpc) is 3.55. The summed E-state index contributed by atoms with van der Waals surface area (Å²) in [6.45, 7) is 7.70. The Morgan fingerprint density at radius 2 is 1.63 bits per heavy atom. The Hall–Kier alpha value is -1.80. The van der Waals surface area contributed by atoms with Crippen molar-refractivity contribution in [3.05, 3.63) is 23.4 Å². The number of rotatable bonds is 11. The standard InChI is InChI=1S/C19H30N6O2/c1-11(2)20-9-16-23-19(25-27-16)15-8-14(15)5-4-12(3)21-10-17-22-18(24-26-17)13-6-7-13/h11-15,20-21H,4-10H2,1-3H3. The summed E-state index contributed by atoms with van der Waals surface area (Å²) in [5.41, 5.74) is 0. The van der Waals surface area contributed by atoms with Gasteiger partial charge in [0.05, 0.1) is 13.1 Å². The molecule has 8 heteroatoms. The molecule has 0 radical (unpaired) electrons. The minimum absolute atomic E-state index is 0.412. The first-order chi connectivity index (χ1) is 13.1. The van der Waals surface area contributed by atoms with Crippen LogP contribution in [-0.4, -0.2) is 32.4 Å². The summed E-state index contributed by atoms with van der Waals surface area (Å²) < 4.78 is 10.7. The van der Waals surface area contributed by atoms with Crippen molar-refractivity contribution >= 4 is 0 Å². The van der Waals surface area contributed by atoms with Gasteiger partial charge < -0.3 is 19.7 Å². The summed E-state index contributed by atoms with van der Waals surface area (Å²) in [4.78, 5) is 8.99. The van der Waals surface area contributed by atoms with E-state index in [4.69, 9.17) is 9.05 Å². The van der Waals surface area contributed by atoms with Gasteiger partial charge in [0, 0.05) is 23.9 Å². The maximum absolute atomic E-state index is 5.34. The van der Waals surface area contributed by atoms with Gasteiger partial charge in [-0.05, 0) is 44.9 Å². The molecule has 4 rings (SSSR count). The molecule has 3 atom stereocenters. The molecule has 0 aliphatic heterocycles. The smallest absolute Gasteiger partial charge is 0.240 e. The predicted molar refractivity (Wildman–Crippen MR) is 98.9 cm³/mol. The van der Waals surface area contributed by atoms with E-state index in [1.54, 1.807) is 0 Å². The van der Waals surface area contributed by atoms with Crippen LogP contribution in [0.1, 0.15) is 88.1 Å². The molecule has 27 heavy (non-hydrogen) atoms. The highest BCUT2D eigenvalue weighted by molar-refractivity contribution is 5.09. The van der Waals surface area contributed by atoms with Gasteiger partial charge in [-0.1, -0.05) is 24.2 Å². The van der Waals surface area contributed by atoms with Crippen LogP contribution in [-0.2, 0) is 13.1 Å². The fourth-order valence-electron chi connectivity index (χ4n) is 3.34. The van der Waals surface area contributed by atoms with Crippen LogP contribution in [0.2, 0.25) is 0 Å². The summed E-state index contributed by atoms with van der Waals surface area (Å²) in [5, 5.41) is 15.0. The lowest BCUT2D eigenvalue weighted by Gasteiger charge is -2.11. The molecular formula is C19H30N6O2. The maximum Gasteiger partial charge on any atom is 0.240 e. The van der Waals surface area contributed by atoms with Crippen molar-refractivity contribution in [2.75, 3.05) is 0 Å². The molecule has 2 aliphatic carbocycles. The predicted octanol–water partition coefficient (Wildman–Crippen LogP) is 2.89. The fraction of sp³-hybridized carbons (Fsp3) is 0.789. The normalized spacial score (nSPS) is 23.1. The molecule has 0 bridgehead atoms. The maximum atomic E-state index is 5.34. The Morgan fingerprint density at radius 1 is 0.963 bits per heavy atom. The monoisotopic (exact) mass is 374 g/mol. The van der Waals surface area contributed by atoms with Crippen LogP contribution < -0.4 is 10.6 Å². The van der Waals surface area contributed by atoms with Gasteiger partial charge in [-0.3, -0.25) is 0 Å². The van der Waals surface area contributed by atoms with E-state index in [0.29, 0.717) is 54.7 Å². The molecule has 2 heterocycles. The molecule has 0 spiro atoms. The van der Waals surface area contributed by atoms with Crippen molar-refractivity contribution in [3.8, 4) is 0 Å². The number of hydrogen-bond donors (Lipinski definition) is 2. The second-order valence-electron chi connectivity index (χ2n) is 8.36. The van der Waals surface area contributed by atoms with Gasteiger partial charge in [-0.15, -0.1) is 0 Å². The van der Waals surface area contributed by atoms with Gasteiger partial charge in [-0.2, -0.15) is 9.97 Å². The molecule has 2 N–H and O–H groups in total. The van der Waals surface area contributed by atoms with E-state index in [-0.39, 0.29) is 0 Å². The van der Waals surface area contributed by atoms with Crippen LogP contribution in [0, 0.1) is 5.92 Å². The van der Waals surface area contributed by atoms with E-state index in [0.717, 1.165) is 24.5 Å². The lowest BCUT2D eigenvalue weighted by atomic mass is 10.1. The van der Waals surface area contributed by atoms with Crippen LogP contribution >= 0.6 is 0 Å². The quantitative estimate of drug-likeness (QED) is 0.619. The highest BCUT2D eigenvalue weighted by Crippen LogP contribution is 2.49. The second kappa shape index (κ2) is 8.06. The molecule has 8 nitrogen and oxygen atoms in total. The van der Waals surface area contributed by atoms with Gasteiger partial charge >= 0.3 is 0 Å². The summed E-state index contributed by atoms with van der Waals surface area (Å²) in [6.07, 6.45) is 5.84. The van der Waals surface area contributed by atoms with Crippen LogP contribution in [0.4, 0.5) is 0 Å². The summed E-state index contributed by atoms with van der Waals surface area (Å²) >= 11 is 0. The Kier molecular flexibility index (Phi) is 5.54. The number of aromatic nitrogens is 4. The molecule has 2 aromatic heterocycles. The third-order valence-electron chi connectivity index (χ3n) is 5.40.